The van der Waals surface area contributed by atoms with Gasteiger partial charge in [0.2, 0.25) is 11.7 Å². The fourth-order valence-electron chi connectivity index (χ4n) is 2.53. The van der Waals surface area contributed by atoms with Crippen molar-refractivity contribution in [3.05, 3.63) is 53.9 Å². The molecule has 124 valence electrons. The lowest BCUT2D eigenvalue weighted by atomic mass is 10.1. The monoisotopic (exact) mass is 330 g/mol. The number of halogens is 1. The van der Waals surface area contributed by atoms with Crippen LogP contribution in [-0.4, -0.2) is 57.2 Å². The maximum Gasteiger partial charge on any atom is 0.327 e. The Kier molecular flexibility index (Phi) is 4.11. The largest absolute Gasteiger partial charge is 0.327 e. The predicted octanol–water partition coefficient (Wildman–Crippen LogP) is 1.15. The second-order valence-electron chi connectivity index (χ2n) is 5.46. The Morgan fingerprint density at radius 3 is 2.54 bits per heavy atom. The topological polar surface area (TPSA) is 75.5 Å². The van der Waals surface area contributed by atoms with Gasteiger partial charge in [0, 0.05) is 38.1 Å². The van der Waals surface area contributed by atoms with E-state index < -0.39 is 5.82 Å². The number of urea groups is 1. The lowest BCUT2D eigenvalue weighted by Gasteiger charge is -2.15. The number of imide groups is 1. The van der Waals surface area contributed by atoms with Crippen molar-refractivity contribution >= 4 is 17.7 Å². The van der Waals surface area contributed by atoms with E-state index in [1.54, 1.807) is 17.8 Å². The van der Waals surface area contributed by atoms with Gasteiger partial charge in [0.05, 0.1) is 0 Å². The van der Waals surface area contributed by atoms with Crippen LogP contribution < -0.4 is 0 Å². The van der Waals surface area contributed by atoms with E-state index in [-0.39, 0.29) is 43.2 Å². The fourth-order valence-corrected chi connectivity index (χ4v) is 2.53. The summed E-state index contributed by atoms with van der Waals surface area (Å²) in [5.41, 5.74) is 0.317. The first-order chi connectivity index (χ1) is 11.5. The van der Waals surface area contributed by atoms with Crippen LogP contribution >= 0.6 is 0 Å². The first-order valence-corrected chi connectivity index (χ1v) is 7.34. The normalized spacial score (nSPS) is 14.6. The summed E-state index contributed by atoms with van der Waals surface area (Å²) in [6.07, 6.45) is 3.07. The summed E-state index contributed by atoms with van der Waals surface area (Å²) in [5, 5.41) is 0. The molecule has 0 bridgehead atoms. The summed E-state index contributed by atoms with van der Waals surface area (Å²) in [6, 6.07) is 4.83. The molecule has 3 rings (SSSR count). The Balaban J connectivity index is 1.74. The average Bonchev–Trinajstić information content (AvgIpc) is 3.11. The third-order valence-corrected chi connectivity index (χ3v) is 3.82. The highest BCUT2D eigenvalue weighted by Gasteiger charge is 2.33. The van der Waals surface area contributed by atoms with E-state index in [0.29, 0.717) is 5.56 Å². The van der Waals surface area contributed by atoms with Crippen molar-refractivity contribution in [1.29, 1.82) is 0 Å². The number of ketones is 1. The summed E-state index contributed by atoms with van der Waals surface area (Å²) in [5.74, 6) is -0.871. The van der Waals surface area contributed by atoms with Crippen LogP contribution in [0.2, 0.25) is 0 Å². The van der Waals surface area contributed by atoms with Crippen molar-refractivity contribution in [2.75, 3.05) is 20.1 Å². The van der Waals surface area contributed by atoms with Gasteiger partial charge in [-0.2, -0.15) is 0 Å². The van der Waals surface area contributed by atoms with Crippen LogP contribution in [0, 0.1) is 5.82 Å². The number of aromatic nitrogens is 2. The third kappa shape index (κ3) is 2.90. The molecule has 1 aliphatic heterocycles. The number of carbonyl (C=O) groups excluding carboxylic acids is 3. The maximum absolute atomic E-state index is 13.0. The van der Waals surface area contributed by atoms with E-state index in [4.69, 9.17) is 0 Å². The first-order valence-electron chi connectivity index (χ1n) is 7.34. The van der Waals surface area contributed by atoms with E-state index >= 15 is 0 Å². The third-order valence-electron chi connectivity index (χ3n) is 3.82. The van der Waals surface area contributed by atoms with E-state index in [1.807, 2.05) is 0 Å². The van der Waals surface area contributed by atoms with Crippen LogP contribution in [0.15, 0.2) is 36.7 Å². The molecule has 1 aromatic carbocycles. The molecule has 0 unspecified atom stereocenters. The highest BCUT2D eigenvalue weighted by molar-refractivity contribution is 6.06. The van der Waals surface area contributed by atoms with Crippen LogP contribution in [0.1, 0.15) is 16.2 Å². The smallest absolute Gasteiger partial charge is 0.326 e. The summed E-state index contributed by atoms with van der Waals surface area (Å²) >= 11 is 0. The van der Waals surface area contributed by atoms with Crippen LogP contribution in [-0.2, 0) is 11.3 Å². The number of likely N-dealkylation sites (N-methyl/N-ethyl adjacent to an activating group) is 1. The van der Waals surface area contributed by atoms with Crippen LogP contribution in [0.25, 0.3) is 0 Å². The predicted molar refractivity (Wildman–Crippen MR) is 81.8 cm³/mol. The average molecular weight is 330 g/mol. The van der Waals surface area contributed by atoms with Crippen molar-refractivity contribution in [2.24, 2.45) is 0 Å². The zero-order valence-corrected chi connectivity index (χ0v) is 13.0. The molecule has 0 N–H and O–H groups in total. The minimum Gasteiger partial charge on any atom is -0.326 e. The molecule has 2 heterocycles. The molecule has 1 aliphatic rings. The molecule has 8 heteroatoms. The summed E-state index contributed by atoms with van der Waals surface area (Å²) < 4.78 is 14.5. The SMILES string of the molecule is CN1CC(=O)N(CCn2ccnc2C(=O)c2ccc(F)cc2)C1=O. The zero-order chi connectivity index (χ0) is 17.3. The fraction of sp³-hybridized carbons (Fsp3) is 0.250. The number of rotatable bonds is 5. The van der Waals surface area contributed by atoms with E-state index in [9.17, 15) is 18.8 Å². The standard InChI is InChI=1S/C16H15FN4O3/c1-19-10-13(22)21(16(19)24)9-8-20-7-6-18-15(20)14(23)11-2-4-12(17)5-3-11/h2-7H,8-10H2,1H3. The Labute approximate surface area is 137 Å². The Hall–Kier alpha value is -3.03. The minimum absolute atomic E-state index is 0.0597. The van der Waals surface area contributed by atoms with Crippen LogP contribution in [0.5, 0.6) is 0 Å². The Morgan fingerprint density at radius 1 is 1.21 bits per heavy atom. The molecule has 0 aliphatic carbocycles. The molecule has 24 heavy (non-hydrogen) atoms. The summed E-state index contributed by atoms with van der Waals surface area (Å²) in [7, 11) is 1.56. The molecule has 0 atom stereocenters. The number of carbonyl (C=O) groups is 3. The highest BCUT2D eigenvalue weighted by atomic mass is 19.1. The second-order valence-corrected chi connectivity index (χ2v) is 5.46. The van der Waals surface area contributed by atoms with E-state index in [0.717, 1.165) is 4.90 Å². The zero-order valence-electron chi connectivity index (χ0n) is 13.0. The lowest BCUT2D eigenvalue weighted by Crippen LogP contribution is -2.34. The lowest BCUT2D eigenvalue weighted by molar-refractivity contribution is -0.125. The Morgan fingerprint density at radius 2 is 1.92 bits per heavy atom. The molecule has 0 saturated carbocycles. The van der Waals surface area contributed by atoms with Crippen molar-refractivity contribution in [2.45, 2.75) is 6.54 Å². The van der Waals surface area contributed by atoms with Gasteiger partial charge >= 0.3 is 6.03 Å². The molecule has 0 spiro atoms. The van der Waals surface area contributed by atoms with Gasteiger partial charge in [-0.25, -0.2) is 14.2 Å². The number of hydrogen-bond acceptors (Lipinski definition) is 4. The van der Waals surface area contributed by atoms with Crippen LogP contribution in [0.3, 0.4) is 0 Å². The number of amides is 3. The van der Waals surface area contributed by atoms with Gasteiger partial charge in [-0.15, -0.1) is 0 Å². The van der Waals surface area contributed by atoms with Gasteiger partial charge < -0.3 is 9.47 Å². The summed E-state index contributed by atoms with van der Waals surface area (Å²) in [4.78, 5) is 42.6. The van der Waals surface area contributed by atoms with E-state index in [2.05, 4.69) is 4.98 Å². The molecule has 0 radical (unpaired) electrons. The molecule has 2 aromatic rings. The van der Waals surface area contributed by atoms with Crippen LogP contribution in [0.4, 0.5) is 9.18 Å². The molecule has 1 aromatic heterocycles. The molecular formula is C16H15FN4O3. The van der Waals surface area contributed by atoms with Crippen molar-refractivity contribution in [3.63, 3.8) is 0 Å². The van der Waals surface area contributed by atoms with Crippen molar-refractivity contribution < 1.29 is 18.8 Å². The number of benzene rings is 1. The Bertz CT molecular complexity index is 800. The van der Waals surface area contributed by atoms with Gasteiger partial charge in [-0.3, -0.25) is 14.5 Å². The van der Waals surface area contributed by atoms with E-state index in [1.165, 1.54) is 35.4 Å². The maximum atomic E-state index is 13.0. The van der Waals surface area contributed by atoms with Gasteiger partial charge in [-0.05, 0) is 24.3 Å². The molecule has 1 saturated heterocycles. The quantitative estimate of drug-likeness (QED) is 0.609. The second kappa shape index (κ2) is 6.23. The summed E-state index contributed by atoms with van der Waals surface area (Å²) in [6.45, 7) is 0.472. The number of hydrogen-bond donors (Lipinski definition) is 0. The number of imidazole rings is 1. The van der Waals surface area contributed by atoms with Gasteiger partial charge in [0.25, 0.3) is 0 Å². The highest BCUT2D eigenvalue weighted by Crippen LogP contribution is 2.12. The van der Waals surface area contributed by atoms with Crippen molar-refractivity contribution in [1.82, 2.24) is 19.4 Å². The van der Waals surface area contributed by atoms with Gasteiger partial charge in [0.1, 0.15) is 12.4 Å². The molecule has 3 amide bonds. The molecule has 1 fully saturated rings. The first kappa shape index (κ1) is 15.9. The minimum atomic E-state index is -0.426. The molecular weight excluding hydrogens is 315 g/mol. The number of nitrogens with zero attached hydrogens (tertiary/aromatic N) is 4. The van der Waals surface area contributed by atoms with Gasteiger partial charge in [-0.1, -0.05) is 0 Å². The van der Waals surface area contributed by atoms with Crippen molar-refractivity contribution in [3.8, 4) is 0 Å². The molecule has 7 nitrogen and oxygen atoms in total. The van der Waals surface area contributed by atoms with Gasteiger partial charge in [0.15, 0.2) is 5.82 Å².